The molecule has 2 aromatic heterocycles. The van der Waals surface area contributed by atoms with Crippen molar-refractivity contribution in [1.82, 2.24) is 15.0 Å². The van der Waals surface area contributed by atoms with Crippen LogP contribution in [0.2, 0.25) is 10.0 Å². The summed E-state index contributed by atoms with van der Waals surface area (Å²) in [5.74, 6) is -1.48. The predicted octanol–water partition coefficient (Wildman–Crippen LogP) is 5.89. The van der Waals surface area contributed by atoms with Crippen LogP contribution in [0.3, 0.4) is 0 Å². The molecule has 172 valence electrons. The van der Waals surface area contributed by atoms with Gasteiger partial charge in [-0.1, -0.05) is 29.3 Å². The third kappa shape index (κ3) is 5.75. The summed E-state index contributed by atoms with van der Waals surface area (Å²) in [5.41, 5.74) is 1.70. The van der Waals surface area contributed by atoms with E-state index in [-0.39, 0.29) is 43.7 Å². The summed E-state index contributed by atoms with van der Waals surface area (Å²) in [6.07, 6.45) is 1.23. The quantitative estimate of drug-likeness (QED) is 0.433. The van der Waals surface area contributed by atoms with E-state index in [1.807, 2.05) is 6.92 Å². The third-order valence-electron chi connectivity index (χ3n) is 5.31. The number of rotatable bonds is 6. The Hall–Kier alpha value is -2.84. The second-order valence-corrected chi connectivity index (χ2v) is 8.72. The fourth-order valence-electron chi connectivity index (χ4n) is 3.61. The number of benzene rings is 1. The molecule has 6 nitrogen and oxygen atoms in total. The molecule has 1 aromatic carbocycles. The van der Waals surface area contributed by atoms with Gasteiger partial charge in [-0.3, -0.25) is 4.79 Å². The van der Waals surface area contributed by atoms with Crippen LogP contribution in [0.5, 0.6) is 0 Å². The minimum Gasteiger partial charge on any atom is -0.340 e. The number of ketones is 1. The smallest absolute Gasteiger partial charge is 0.251 e. The molecule has 0 spiro atoms. The second-order valence-electron chi connectivity index (χ2n) is 7.91. The van der Waals surface area contributed by atoms with Crippen LogP contribution in [0.25, 0.3) is 0 Å². The van der Waals surface area contributed by atoms with Crippen molar-refractivity contribution in [3.8, 4) is 0 Å². The molecule has 0 bridgehead atoms. The van der Waals surface area contributed by atoms with Gasteiger partial charge in [0.15, 0.2) is 5.78 Å². The monoisotopic (exact) mass is 491 g/mol. The van der Waals surface area contributed by atoms with E-state index in [0.29, 0.717) is 33.3 Å². The van der Waals surface area contributed by atoms with Crippen LogP contribution in [-0.4, -0.2) is 39.7 Å². The van der Waals surface area contributed by atoms with Crippen molar-refractivity contribution in [2.75, 3.05) is 23.3 Å². The Morgan fingerprint density at radius 1 is 1.09 bits per heavy atom. The molecule has 1 aliphatic rings. The molecule has 33 heavy (non-hydrogen) atoms. The number of alkyl halides is 2. The molecular formula is C23H21Cl2F2N5O. The maximum atomic E-state index is 13.5. The van der Waals surface area contributed by atoms with Crippen molar-refractivity contribution >= 4 is 46.6 Å². The van der Waals surface area contributed by atoms with Crippen molar-refractivity contribution < 1.29 is 13.6 Å². The average molecular weight is 492 g/mol. The van der Waals surface area contributed by atoms with Crippen molar-refractivity contribution in [2.24, 2.45) is 0 Å². The number of halogens is 4. The molecule has 1 N–H and O–H groups in total. The number of nitrogens with zero attached hydrogens (tertiary/aromatic N) is 4. The number of hydrogen-bond donors (Lipinski definition) is 1. The van der Waals surface area contributed by atoms with Gasteiger partial charge in [-0.2, -0.15) is 4.98 Å². The van der Waals surface area contributed by atoms with Gasteiger partial charge < -0.3 is 10.2 Å². The Bertz CT molecular complexity index is 1160. The molecule has 0 aliphatic carbocycles. The zero-order valence-corrected chi connectivity index (χ0v) is 19.3. The highest BCUT2D eigenvalue weighted by molar-refractivity contribution is 6.39. The number of Topliss-reactive ketones (excluding diaryl/α,β-unsaturated/α-hetero) is 1. The standard InChI is InChI=1S/C23H21Cl2F2N5O/c1-14-11-20(31-22(29-14)32-9-6-23(26,27)7-10-32)30-19-13-15(5-8-28-19)12-18(33)21-16(24)3-2-4-17(21)25/h2-5,8,11,13H,6-7,9-10,12H2,1H3,(H,28,29,30,31). The first-order chi connectivity index (χ1) is 15.7. The Labute approximate surface area is 200 Å². The lowest BCUT2D eigenvalue weighted by atomic mass is 10.0. The zero-order valence-electron chi connectivity index (χ0n) is 17.8. The summed E-state index contributed by atoms with van der Waals surface area (Å²) in [7, 11) is 0. The van der Waals surface area contributed by atoms with E-state index in [1.54, 1.807) is 47.5 Å². The summed E-state index contributed by atoms with van der Waals surface area (Å²) < 4.78 is 27.0. The molecule has 1 fully saturated rings. The molecule has 0 atom stereocenters. The number of carbonyl (C=O) groups is 1. The first kappa shape index (κ1) is 23.3. The minimum atomic E-state index is -2.64. The Balaban J connectivity index is 1.50. The zero-order chi connectivity index (χ0) is 23.6. The van der Waals surface area contributed by atoms with Crippen molar-refractivity contribution in [2.45, 2.75) is 32.1 Å². The van der Waals surface area contributed by atoms with E-state index in [1.165, 1.54) is 0 Å². The fraction of sp³-hybridized carbons (Fsp3) is 0.304. The molecular weight excluding hydrogens is 471 g/mol. The summed E-state index contributed by atoms with van der Waals surface area (Å²) in [5, 5.41) is 3.73. The minimum absolute atomic E-state index is 0.0939. The van der Waals surface area contributed by atoms with Gasteiger partial charge >= 0.3 is 0 Å². The van der Waals surface area contributed by atoms with Crippen molar-refractivity contribution in [3.63, 3.8) is 0 Å². The number of aryl methyl sites for hydroxylation is 1. The van der Waals surface area contributed by atoms with Gasteiger partial charge in [0.05, 0.1) is 15.6 Å². The molecule has 10 heteroatoms. The van der Waals surface area contributed by atoms with E-state index in [2.05, 4.69) is 20.3 Å². The number of anilines is 3. The van der Waals surface area contributed by atoms with E-state index in [0.717, 1.165) is 5.56 Å². The Morgan fingerprint density at radius 3 is 2.48 bits per heavy atom. The highest BCUT2D eigenvalue weighted by Gasteiger charge is 2.34. The maximum Gasteiger partial charge on any atom is 0.251 e. The Morgan fingerprint density at radius 2 is 1.79 bits per heavy atom. The van der Waals surface area contributed by atoms with Gasteiger partial charge in [-0.05, 0) is 36.8 Å². The molecule has 0 amide bonds. The second kappa shape index (κ2) is 9.57. The molecule has 0 saturated carbocycles. The third-order valence-corrected chi connectivity index (χ3v) is 5.94. The van der Waals surface area contributed by atoms with Crippen LogP contribution in [-0.2, 0) is 6.42 Å². The van der Waals surface area contributed by atoms with E-state index in [9.17, 15) is 13.6 Å². The lowest BCUT2D eigenvalue weighted by molar-refractivity contribution is -0.0222. The SMILES string of the molecule is Cc1cc(Nc2cc(CC(=O)c3c(Cl)cccc3Cl)ccn2)nc(N2CCC(F)(F)CC2)n1. The molecule has 1 saturated heterocycles. The van der Waals surface area contributed by atoms with Crippen molar-refractivity contribution in [1.29, 1.82) is 0 Å². The number of hydrogen-bond acceptors (Lipinski definition) is 6. The van der Waals surface area contributed by atoms with Crippen LogP contribution in [0, 0.1) is 6.92 Å². The van der Waals surface area contributed by atoms with Gasteiger partial charge in [0.25, 0.3) is 5.92 Å². The van der Waals surface area contributed by atoms with Crippen LogP contribution in [0.1, 0.15) is 34.5 Å². The van der Waals surface area contributed by atoms with E-state index in [4.69, 9.17) is 23.2 Å². The van der Waals surface area contributed by atoms with E-state index >= 15 is 0 Å². The lowest BCUT2D eigenvalue weighted by Crippen LogP contribution is -2.40. The molecule has 4 rings (SSSR count). The molecule has 3 aromatic rings. The Kier molecular flexibility index (Phi) is 6.76. The van der Waals surface area contributed by atoms with Crippen LogP contribution in [0.15, 0.2) is 42.6 Å². The molecule has 0 radical (unpaired) electrons. The molecule has 1 aliphatic heterocycles. The summed E-state index contributed by atoms with van der Waals surface area (Å²) in [6.45, 7) is 2.19. The normalized spacial score (nSPS) is 15.4. The number of aromatic nitrogens is 3. The molecule has 0 unspecified atom stereocenters. The largest absolute Gasteiger partial charge is 0.340 e. The molecule has 3 heterocycles. The number of carbonyl (C=O) groups excluding carboxylic acids is 1. The highest BCUT2D eigenvalue weighted by atomic mass is 35.5. The number of piperidine rings is 1. The highest BCUT2D eigenvalue weighted by Crippen LogP contribution is 2.30. The number of nitrogens with one attached hydrogen (secondary N) is 1. The van der Waals surface area contributed by atoms with Gasteiger partial charge in [-0.15, -0.1) is 0 Å². The van der Waals surface area contributed by atoms with Crippen LogP contribution in [0.4, 0.5) is 26.4 Å². The number of pyridine rings is 1. The maximum absolute atomic E-state index is 13.5. The summed E-state index contributed by atoms with van der Waals surface area (Å²) in [6, 6.07) is 10.1. The average Bonchev–Trinajstić information content (AvgIpc) is 2.73. The predicted molar refractivity (Wildman–Crippen MR) is 125 cm³/mol. The van der Waals surface area contributed by atoms with Crippen molar-refractivity contribution in [3.05, 3.63) is 69.5 Å². The first-order valence-electron chi connectivity index (χ1n) is 10.4. The first-order valence-corrected chi connectivity index (χ1v) is 11.1. The summed E-state index contributed by atoms with van der Waals surface area (Å²) >= 11 is 12.3. The van der Waals surface area contributed by atoms with Gasteiger partial charge in [0.1, 0.15) is 11.6 Å². The van der Waals surface area contributed by atoms with E-state index < -0.39 is 5.92 Å². The lowest BCUT2D eigenvalue weighted by Gasteiger charge is -2.31. The summed E-state index contributed by atoms with van der Waals surface area (Å²) in [4.78, 5) is 27.7. The van der Waals surface area contributed by atoms with Gasteiger partial charge in [0.2, 0.25) is 5.95 Å². The van der Waals surface area contributed by atoms with Crippen LogP contribution < -0.4 is 10.2 Å². The van der Waals surface area contributed by atoms with Crippen LogP contribution >= 0.6 is 23.2 Å². The van der Waals surface area contributed by atoms with Gasteiger partial charge in [-0.25, -0.2) is 18.7 Å². The fourth-order valence-corrected chi connectivity index (χ4v) is 4.22. The van der Waals surface area contributed by atoms with Gasteiger partial charge in [0, 0.05) is 50.3 Å². The topological polar surface area (TPSA) is 71.0 Å².